The topological polar surface area (TPSA) is 15.3 Å². The second-order valence-electron chi connectivity index (χ2n) is 5.46. The molecular weight excluding hydrogens is 220 g/mol. The molecule has 0 radical (unpaired) electrons. The number of rotatable bonds is 5. The van der Waals surface area contributed by atoms with Crippen LogP contribution in [0.2, 0.25) is 0 Å². The zero-order valence-electron chi connectivity index (χ0n) is 11.9. The van der Waals surface area contributed by atoms with Gasteiger partial charge in [-0.05, 0) is 57.4 Å². The van der Waals surface area contributed by atoms with Crippen LogP contribution in [-0.2, 0) is 0 Å². The highest BCUT2D eigenvalue weighted by molar-refractivity contribution is 5.50. The molecule has 2 nitrogen and oxygen atoms in total. The Labute approximate surface area is 111 Å². The van der Waals surface area contributed by atoms with Crippen molar-refractivity contribution in [3.8, 4) is 0 Å². The Morgan fingerprint density at radius 3 is 2.94 bits per heavy atom. The Bertz CT molecular complexity index is 375. The van der Waals surface area contributed by atoms with Gasteiger partial charge in [-0.3, -0.25) is 0 Å². The maximum absolute atomic E-state index is 3.56. The van der Waals surface area contributed by atoms with Crippen molar-refractivity contribution in [2.24, 2.45) is 0 Å². The lowest BCUT2D eigenvalue weighted by molar-refractivity contribution is 0.570. The summed E-state index contributed by atoms with van der Waals surface area (Å²) < 4.78 is 0. The molecule has 2 unspecified atom stereocenters. The van der Waals surface area contributed by atoms with Crippen molar-refractivity contribution in [2.75, 3.05) is 18.0 Å². The Kier molecular flexibility index (Phi) is 4.65. The van der Waals surface area contributed by atoms with Crippen LogP contribution >= 0.6 is 0 Å². The van der Waals surface area contributed by atoms with Gasteiger partial charge in [-0.1, -0.05) is 19.1 Å². The van der Waals surface area contributed by atoms with Gasteiger partial charge in [0, 0.05) is 24.3 Å². The highest BCUT2D eigenvalue weighted by Gasteiger charge is 2.20. The molecule has 2 atom stereocenters. The second kappa shape index (κ2) is 6.24. The molecule has 1 heterocycles. The zero-order chi connectivity index (χ0) is 13.0. The standard InChI is InChI=1S/C16H26N2/c1-4-10-17-14(3)15-8-5-9-16(12-15)18-11-6-7-13(18)2/h5,8-9,12-14,17H,4,6-7,10-11H2,1-3H3. The normalized spacial score (nSPS) is 21.3. The van der Waals surface area contributed by atoms with Crippen molar-refractivity contribution in [1.82, 2.24) is 5.32 Å². The van der Waals surface area contributed by atoms with Gasteiger partial charge in [-0.15, -0.1) is 0 Å². The Morgan fingerprint density at radius 2 is 2.28 bits per heavy atom. The maximum atomic E-state index is 3.56. The van der Waals surface area contributed by atoms with Gasteiger partial charge in [-0.25, -0.2) is 0 Å². The maximum Gasteiger partial charge on any atom is 0.0371 e. The van der Waals surface area contributed by atoms with Crippen molar-refractivity contribution in [3.63, 3.8) is 0 Å². The average Bonchev–Trinajstić information content (AvgIpc) is 2.82. The van der Waals surface area contributed by atoms with Crippen LogP contribution in [0.25, 0.3) is 0 Å². The molecule has 2 heteroatoms. The van der Waals surface area contributed by atoms with Gasteiger partial charge in [0.15, 0.2) is 0 Å². The summed E-state index contributed by atoms with van der Waals surface area (Å²) in [5.41, 5.74) is 2.79. The van der Waals surface area contributed by atoms with E-state index in [-0.39, 0.29) is 0 Å². The molecule has 0 aromatic heterocycles. The van der Waals surface area contributed by atoms with Crippen LogP contribution in [0.3, 0.4) is 0 Å². The molecule has 100 valence electrons. The molecule has 1 aromatic rings. The first kappa shape index (κ1) is 13.4. The van der Waals surface area contributed by atoms with E-state index in [1.807, 2.05) is 0 Å². The zero-order valence-corrected chi connectivity index (χ0v) is 11.9. The molecule has 0 saturated carbocycles. The first-order chi connectivity index (χ1) is 8.72. The molecule has 1 N–H and O–H groups in total. The van der Waals surface area contributed by atoms with E-state index in [2.05, 4.69) is 55.3 Å². The molecule has 18 heavy (non-hydrogen) atoms. The number of hydrogen-bond acceptors (Lipinski definition) is 2. The van der Waals surface area contributed by atoms with E-state index < -0.39 is 0 Å². The van der Waals surface area contributed by atoms with Gasteiger partial charge < -0.3 is 10.2 Å². The molecule has 1 aliphatic rings. The van der Waals surface area contributed by atoms with Gasteiger partial charge in [0.1, 0.15) is 0 Å². The van der Waals surface area contributed by atoms with E-state index in [1.54, 1.807) is 0 Å². The van der Waals surface area contributed by atoms with Crippen LogP contribution in [0.15, 0.2) is 24.3 Å². The van der Waals surface area contributed by atoms with Gasteiger partial charge >= 0.3 is 0 Å². The SMILES string of the molecule is CCCNC(C)c1cccc(N2CCCC2C)c1. The van der Waals surface area contributed by atoms with Crippen molar-refractivity contribution in [1.29, 1.82) is 0 Å². The smallest absolute Gasteiger partial charge is 0.0371 e. The number of benzene rings is 1. The molecular formula is C16H26N2. The Hall–Kier alpha value is -1.02. The van der Waals surface area contributed by atoms with E-state index in [0.717, 1.165) is 6.54 Å². The Morgan fingerprint density at radius 1 is 1.44 bits per heavy atom. The lowest BCUT2D eigenvalue weighted by Crippen LogP contribution is -2.26. The monoisotopic (exact) mass is 246 g/mol. The summed E-state index contributed by atoms with van der Waals surface area (Å²) in [5.74, 6) is 0. The summed E-state index contributed by atoms with van der Waals surface area (Å²) in [6, 6.07) is 10.2. The van der Waals surface area contributed by atoms with Crippen molar-refractivity contribution in [2.45, 2.75) is 52.1 Å². The first-order valence-corrected chi connectivity index (χ1v) is 7.32. The number of anilines is 1. The quantitative estimate of drug-likeness (QED) is 0.851. The predicted molar refractivity (Wildman–Crippen MR) is 79.2 cm³/mol. The highest BCUT2D eigenvalue weighted by atomic mass is 15.2. The van der Waals surface area contributed by atoms with Gasteiger partial charge in [0.25, 0.3) is 0 Å². The molecule has 0 spiro atoms. The van der Waals surface area contributed by atoms with Crippen molar-refractivity contribution >= 4 is 5.69 Å². The number of nitrogens with one attached hydrogen (secondary N) is 1. The fourth-order valence-corrected chi connectivity index (χ4v) is 2.77. The van der Waals surface area contributed by atoms with Crippen LogP contribution in [0.5, 0.6) is 0 Å². The predicted octanol–water partition coefficient (Wildman–Crippen LogP) is 3.74. The lowest BCUT2D eigenvalue weighted by Gasteiger charge is -2.25. The molecule has 0 bridgehead atoms. The van der Waals surface area contributed by atoms with Crippen molar-refractivity contribution in [3.05, 3.63) is 29.8 Å². The van der Waals surface area contributed by atoms with Gasteiger partial charge in [0.2, 0.25) is 0 Å². The van der Waals surface area contributed by atoms with E-state index >= 15 is 0 Å². The number of hydrogen-bond donors (Lipinski definition) is 1. The molecule has 1 saturated heterocycles. The van der Waals surface area contributed by atoms with Crippen LogP contribution in [0, 0.1) is 0 Å². The largest absolute Gasteiger partial charge is 0.369 e. The lowest BCUT2D eigenvalue weighted by atomic mass is 10.1. The minimum atomic E-state index is 0.447. The van der Waals surface area contributed by atoms with Crippen LogP contribution in [0.4, 0.5) is 5.69 Å². The fourth-order valence-electron chi connectivity index (χ4n) is 2.77. The molecule has 1 aliphatic heterocycles. The molecule has 2 rings (SSSR count). The minimum absolute atomic E-state index is 0.447. The minimum Gasteiger partial charge on any atom is -0.369 e. The van der Waals surface area contributed by atoms with E-state index in [1.165, 1.54) is 37.1 Å². The van der Waals surface area contributed by atoms with Gasteiger partial charge in [0.05, 0.1) is 0 Å². The second-order valence-corrected chi connectivity index (χ2v) is 5.46. The van der Waals surface area contributed by atoms with Crippen LogP contribution in [0.1, 0.15) is 51.6 Å². The summed E-state index contributed by atoms with van der Waals surface area (Å²) in [6.45, 7) is 9.09. The summed E-state index contributed by atoms with van der Waals surface area (Å²) >= 11 is 0. The highest BCUT2D eigenvalue weighted by Crippen LogP contribution is 2.27. The van der Waals surface area contributed by atoms with Crippen LogP contribution < -0.4 is 10.2 Å². The Balaban J connectivity index is 2.09. The summed E-state index contributed by atoms with van der Waals surface area (Å²) in [5, 5.41) is 3.56. The third kappa shape index (κ3) is 3.05. The average molecular weight is 246 g/mol. The molecule has 1 aromatic carbocycles. The van der Waals surface area contributed by atoms with Crippen LogP contribution in [-0.4, -0.2) is 19.1 Å². The first-order valence-electron chi connectivity index (χ1n) is 7.32. The summed E-state index contributed by atoms with van der Waals surface area (Å²) in [6.07, 6.45) is 3.84. The van der Waals surface area contributed by atoms with Crippen molar-refractivity contribution < 1.29 is 0 Å². The third-order valence-corrected chi connectivity index (χ3v) is 3.96. The summed E-state index contributed by atoms with van der Waals surface area (Å²) in [4.78, 5) is 2.54. The van der Waals surface area contributed by atoms with E-state index in [4.69, 9.17) is 0 Å². The number of nitrogens with zero attached hydrogens (tertiary/aromatic N) is 1. The third-order valence-electron chi connectivity index (χ3n) is 3.96. The molecule has 1 fully saturated rings. The molecule has 0 amide bonds. The van der Waals surface area contributed by atoms with E-state index in [0.29, 0.717) is 12.1 Å². The fraction of sp³-hybridized carbons (Fsp3) is 0.625. The van der Waals surface area contributed by atoms with Gasteiger partial charge in [-0.2, -0.15) is 0 Å². The summed E-state index contributed by atoms with van der Waals surface area (Å²) in [7, 11) is 0. The molecule has 0 aliphatic carbocycles. The van der Waals surface area contributed by atoms with E-state index in [9.17, 15) is 0 Å².